The third kappa shape index (κ3) is 6.00. The Balaban J connectivity index is 1.35. The van der Waals surface area contributed by atoms with Crippen molar-refractivity contribution in [2.75, 3.05) is 13.1 Å². The minimum atomic E-state index is -0.0539. The predicted molar refractivity (Wildman–Crippen MR) is 121 cm³/mol. The maximum absolute atomic E-state index is 12.5. The zero-order valence-corrected chi connectivity index (χ0v) is 18.6. The van der Waals surface area contributed by atoms with Crippen LogP contribution in [0.4, 0.5) is 4.79 Å². The average molecular weight is 413 g/mol. The summed E-state index contributed by atoms with van der Waals surface area (Å²) >= 11 is 0. The number of benzene rings is 1. The van der Waals surface area contributed by atoms with Gasteiger partial charge in [0.05, 0.1) is 6.54 Å². The summed E-state index contributed by atoms with van der Waals surface area (Å²) in [5.41, 5.74) is 3.59. The molecule has 0 radical (unpaired) electrons. The molecule has 0 bridgehead atoms. The van der Waals surface area contributed by atoms with Gasteiger partial charge in [-0.2, -0.15) is 0 Å². The number of nitrogens with one attached hydrogen (secondary N) is 3. The van der Waals surface area contributed by atoms with Gasteiger partial charge >= 0.3 is 6.03 Å². The first-order valence-electron chi connectivity index (χ1n) is 11.3. The fourth-order valence-corrected chi connectivity index (χ4v) is 4.17. The lowest BCUT2D eigenvalue weighted by Crippen LogP contribution is -2.43. The zero-order chi connectivity index (χ0) is 21.5. The molecule has 0 saturated heterocycles. The fraction of sp³-hybridized carbons (Fsp3) is 0.583. The second kappa shape index (κ2) is 10.5. The van der Waals surface area contributed by atoms with Gasteiger partial charge in [0, 0.05) is 42.1 Å². The van der Waals surface area contributed by atoms with Crippen molar-refractivity contribution in [2.45, 2.75) is 71.9 Å². The summed E-state index contributed by atoms with van der Waals surface area (Å²) in [4.78, 5) is 29.9. The number of carbonyl (C=O) groups is 2. The maximum atomic E-state index is 12.5. The highest BCUT2D eigenvalue weighted by Gasteiger charge is 2.23. The lowest BCUT2D eigenvalue weighted by Gasteiger charge is -2.27. The fourth-order valence-electron chi connectivity index (χ4n) is 4.17. The molecule has 1 aliphatic rings. The Bertz CT molecular complexity index is 858. The third-order valence-corrected chi connectivity index (χ3v) is 5.85. The van der Waals surface area contributed by atoms with Crippen LogP contribution < -0.4 is 10.6 Å². The summed E-state index contributed by atoms with van der Waals surface area (Å²) in [6.07, 6.45) is 5.32. The average Bonchev–Trinajstić information content (AvgIpc) is 3.08. The number of H-pyrrole nitrogens is 1. The predicted octanol–water partition coefficient (Wildman–Crippen LogP) is 4.35. The highest BCUT2D eigenvalue weighted by atomic mass is 16.2. The van der Waals surface area contributed by atoms with Crippen molar-refractivity contribution in [1.82, 2.24) is 20.5 Å². The molecular formula is C24H36N4O2. The van der Waals surface area contributed by atoms with E-state index in [0.717, 1.165) is 37.0 Å². The van der Waals surface area contributed by atoms with Gasteiger partial charge in [0.15, 0.2) is 0 Å². The number of nitrogens with zero attached hydrogens (tertiary/aromatic N) is 1. The van der Waals surface area contributed by atoms with Crippen LogP contribution in [0.5, 0.6) is 0 Å². The summed E-state index contributed by atoms with van der Waals surface area (Å²) in [5.74, 6) is 0.779. The second-order valence-electron chi connectivity index (χ2n) is 8.93. The van der Waals surface area contributed by atoms with Gasteiger partial charge in [-0.25, -0.2) is 4.79 Å². The van der Waals surface area contributed by atoms with E-state index in [4.69, 9.17) is 0 Å². The van der Waals surface area contributed by atoms with Crippen molar-refractivity contribution in [3.8, 4) is 0 Å². The Labute approximate surface area is 179 Å². The lowest BCUT2D eigenvalue weighted by molar-refractivity contribution is -0.121. The molecule has 0 spiro atoms. The SMILES string of the molecule is CC(C)CCC[C@H](C)NC(=O)CCCNC(=O)N1CCc2c([nH]c3ccccc23)C1. The molecule has 3 rings (SSSR count). The summed E-state index contributed by atoms with van der Waals surface area (Å²) < 4.78 is 0. The smallest absolute Gasteiger partial charge is 0.317 e. The lowest BCUT2D eigenvalue weighted by atomic mass is 10.0. The Morgan fingerprint density at radius 2 is 1.93 bits per heavy atom. The van der Waals surface area contributed by atoms with E-state index in [-0.39, 0.29) is 18.0 Å². The number of aromatic amines is 1. The van der Waals surface area contributed by atoms with Crippen LogP contribution in [0.25, 0.3) is 10.9 Å². The number of para-hydroxylation sites is 1. The summed E-state index contributed by atoms with van der Waals surface area (Å²) in [7, 11) is 0. The normalized spacial score (nSPS) is 14.6. The minimum Gasteiger partial charge on any atom is -0.357 e. The van der Waals surface area contributed by atoms with Crippen LogP contribution in [0.3, 0.4) is 0 Å². The van der Waals surface area contributed by atoms with Crippen LogP contribution >= 0.6 is 0 Å². The standard InChI is InChI=1S/C24H36N4O2/c1-17(2)8-6-9-18(3)26-23(29)12-7-14-25-24(30)28-15-13-20-19-10-4-5-11-21(19)27-22(20)16-28/h4-5,10-11,17-18,27H,6-9,12-16H2,1-3H3,(H,25,30)(H,26,29)/t18-/m0/s1. The molecule has 2 heterocycles. The molecule has 1 aliphatic heterocycles. The molecule has 0 unspecified atom stereocenters. The number of fused-ring (bicyclic) bond motifs is 3. The molecule has 3 amide bonds. The number of hydrogen-bond donors (Lipinski definition) is 3. The molecule has 0 fully saturated rings. The van der Waals surface area contributed by atoms with Gasteiger partial charge in [-0.05, 0) is 43.7 Å². The first-order chi connectivity index (χ1) is 14.4. The summed E-state index contributed by atoms with van der Waals surface area (Å²) in [6, 6.07) is 8.45. The topological polar surface area (TPSA) is 77.2 Å². The molecule has 3 N–H and O–H groups in total. The second-order valence-corrected chi connectivity index (χ2v) is 8.93. The van der Waals surface area contributed by atoms with E-state index in [2.05, 4.69) is 54.6 Å². The number of rotatable bonds is 9. The van der Waals surface area contributed by atoms with E-state index < -0.39 is 0 Å². The van der Waals surface area contributed by atoms with Crippen LogP contribution in [-0.4, -0.2) is 41.0 Å². The first kappa shape index (κ1) is 22.2. The van der Waals surface area contributed by atoms with Crippen LogP contribution in [0, 0.1) is 5.92 Å². The van der Waals surface area contributed by atoms with Gasteiger partial charge in [0.25, 0.3) is 0 Å². The Morgan fingerprint density at radius 3 is 2.73 bits per heavy atom. The highest BCUT2D eigenvalue weighted by Crippen LogP contribution is 2.27. The van der Waals surface area contributed by atoms with Crippen molar-refractivity contribution in [3.63, 3.8) is 0 Å². The van der Waals surface area contributed by atoms with E-state index >= 15 is 0 Å². The van der Waals surface area contributed by atoms with Gasteiger partial charge in [-0.3, -0.25) is 4.79 Å². The Morgan fingerprint density at radius 1 is 1.13 bits per heavy atom. The van der Waals surface area contributed by atoms with Crippen LogP contribution in [-0.2, 0) is 17.8 Å². The minimum absolute atomic E-state index is 0.0539. The quantitative estimate of drug-likeness (QED) is 0.536. The van der Waals surface area contributed by atoms with Crippen molar-refractivity contribution in [3.05, 3.63) is 35.5 Å². The van der Waals surface area contributed by atoms with Gasteiger partial charge in [0.2, 0.25) is 5.91 Å². The van der Waals surface area contributed by atoms with E-state index in [0.29, 0.717) is 31.8 Å². The highest BCUT2D eigenvalue weighted by molar-refractivity contribution is 5.85. The molecule has 1 atom stereocenters. The van der Waals surface area contributed by atoms with Crippen molar-refractivity contribution in [1.29, 1.82) is 0 Å². The zero-order valence-electron chi connectivity index (χ0n) is 18.6. The maximum Gasteiger partial charge on any atom is 0.317 e. The van der Waals surface area contributed by atoms with E-state index in [1.54, 1.807) is 0 Å². The number of urea groups is 1. The van der Waals surface area contributed by atoms with Crippen LogP contribution in [0.15, 0.2) is 24.3 Å². The first-order valence-corrected chi connectivity index (χ1v) is 11.3. The van der Waals surface area contributed by atoms with E-state index in [1.807, 2.05) is 11.0 Å². The molecule has 6 heteroatoms. The number of hydrogen-bond acceptors (Lipinski definition) is 2. The molecule has 0 aliphatic carbocycles. The number of carbonyl (C=O) groups excluding carboxylic acids is 2. The van der Waals surface area contributed by atoms with E-state index in [1.165, 1.54) is 17.4 Å². The molecule has 1 aromatic heterocycles. The van der Waals surface area contributed by atoms with Gasteiger partial charge in [-0.1, -0.05) is 44.9 Å². The molecular weight excluding hydrogens is 376 g/mol. The Hall–Kier alpha value is -2.50. The number of amides is 3. The van der Waals surface area contributed by atoms with E-state index in [9.17, 15) is 9.59 Å². The van der Waals surface area contributed by atoms with Gasteiger partial charge in [0.1, 0.15) is 0 Å². The van der Waals surface area contributed by atoms with Crippen molar-refractivity contribution < 1.29 is 9.59 Å². The Kier molecular flexibility index (Phi) is 7.77. The molecule has 6 nitrogen and oxygen atoms in total. The molecule has 30 heavy (non-hydrogen) atoms. The molecule has 164 valence electrons. The monoisotopic (exact) mass is 412 g/mol. The van der Waals surface area contributed by atoms with Gasteiger partial charge in [-0.15, -0.1) is 0 Å². The van der Waals surface area contributed by atoms with Crippen molar-refractivity contribution in [2.24, 2.45) is 5.92 Å². The molecule has 2 aromatic rings. The molecule has 0 saturated carbocycles. The largest absolute Gasteiger partial charge is 0.357 e. The van der Waals surface area contributed by atoms with Crippen LogP contribution in [0.2, 0.25) is 0 Å². The van der Waals surface area contributed by atoms with Gasteiger partial charge < -0.3 is 20.5 Å². The summed E-state index contributed by atoms with van der Waals surface area (Å²) in [6.45, 7) is 8.35. The number of aromatic nitrogens is 1. The third-order valence-electron chi connectivity index (χ3n) is 5.85. The van der Waals surface area contributed by atoms with Crippen molar-refractivity contribution >= 4 is 22.8 Å². The summed E-state index contributed by atoms with van der Waals surface area (Å²) in [5, 5.41) is 7.29. The van der Waals surface area contributed by atoms with Crippen LogP contribution in [0.1, 0.15) is 64.1 Å². The molecule has 1 aromatic carbocycles.